The summed E-state index contributed by atoms with van der Waals surface area (Å²) in [5, 5.41) is 0. The second-order valence-corrected chi connectivity index (χ2v) is 4.50. The summed E-state index contributed by atoms with van der Waals surface area (Å²) in [6.45, 7) is 2.76. The van der Waals surface area contributed by atoms with Crippen molar-refractivity contribution in [2.75, 3.05) is 29.5 Å². The lowest BCUT2D eigenvalue weighted by Gasteiger charge is -2.29. The van der Waals surface area contributed by atoms with Gasteiger partial charge in [-0.15, -0.1) is 0 Å². The third-order valence-electron chi connectivity index (χ3n) is 2.41. The number of aromatic nitrogens is 1. The second kappa shape index (κ2) is 4.66. The standard InChI is InChI=1S/C10H15N3S/c11-8-9-10(2-1-3-12-9)13-4-6-14-7-5-13/h1-3H,4-8,11H2. The van der Waals surface area contributed by atoms with Gasteiger partial charge in [0.05, 0.1) is 11.4 Å². The van der Waals surface area contributed by atoms with Crippen molar-refractivity contribution in [3.05, 3.63) is 24.0 Å². The van der Waals surface area contributed by atoms with Gasteiger partial charge in [0, 0.05) is 37.3 Å². The number of rotatable bonds is 2. The van der Waals surface area contributed by atoms with Crippen LogP contribution in [0.15, 0.2) is 18.3 Å². The van der Waals surface area contributed by atoms with Gasteiger partial charge < -0.3 is 10.6 Å². The molecule has 0 bridgehead atoms. The van der Waals surface area contributed by atoms with E-state index < -0.39 is 0 Å². The molecule has 0 aromatic carbocycles. The summed E-state index contributed by atoms with van der Waals surface area (Å²) in [5.41, 5.74) is 7.89. The van der Waals surface area contributed by atoms with Gasteiger partial charge in [-0.25, -0.2) is 0 Å². The lowest BCUT2D eigenvalue weighted by Crippen LogP contribution is -2.33. The summed E-state index contributed by atoms with van der Waals surface area (Å²) >= 11 is 2.01. The fourth-order valence-electron chi connectivity index (χ4n) is 1.68. The predicted molar refractivity (Wildman–Crippen MR) is 61.7 cm³/mol. The molecule has 1 aliphatic heterocycles. The number of thioether (sulfide) groups is 1. The van der Waals surface area contributed by atoms with Crippen LogP contribution in [0.3, 0.4) is 0 Å². The number of anilines is 1. The molecule has 76 valence electrons. The molecule has 0 atom stereocenters. The van der Waals surface area contributed by atoms with E-state index in [0.29, 0.717) is 6.54 Å². The molecule has 0 radical (unpaired) electrons. The molecule has 2 N–H and O–H groups in total. The first-order chi connectivity index (χ1) is 6.92. The second-order valence-electron chi connectivity index (χ2n) is 3.27. The van der Waals surface area contributed by atoms with Crippen molar-refractivity contribution in [2.24, 2.45) is 5.73 Å². The molecule has 0 amide bonds. The van der Waals surface area contributed by atoms with E-state index in [1.807, 2.05) is 24.0 Å². The Labute approximate surface area is 88.7 Å². The van der Waals surface area contributed by atoms with Crippen LogP contribution in [-0.4, -0.2) is 29.6 Å². The summed E-state index contributed by atoms with van der Waals surface area (Å²) in [5.74, 6) is 2.41. The van der Waals surface area contributed by atoms with Gasteiger partial charge in [0.2, 0.25) is 0 Å². The lowest BCUT2D eigenvalue weighted by atomic mass is 10.2. The number of hydrogen-bond donors (Lipinski definition) is 1. The summed E-state index contributed by atoms with van der Waals surface area (Å²) in [7, 11) is 0. The monoisotopic (exact) mass is 209 g/mol. The van der Waals surface area contributed by atoms with Gasteiger partial charge in [-0.3, -0.25) is 4.98 Å². The molecule has 1 saturated heterocycles. The van der Waals surface area contributed by atoms with Crippen LogP contribution in [0, 0.1) is 0 Å². The summed E-state index contributed by atoms with van der Waals surface area (Å²) in [6, 6.07) is 4.10. The first-order valence-electron chi connectivity index (χ1n) is 4.88. The van der Waals surface area contributed by atoms with Crippen LogP contribution < -0.4 is 10.6 Å². The third-order valence-corrected chi connectivity index (χ3v) is 3.35. The zero-order valence-corrected chi connectivity index (χ0v) is 8.96. The maximum absolute atomic E-state index is 5.66. The molecule has 2 rings (SSSR count). The molecule has 0 saturated carbocycles. The summed E-state index contributed by atoms with van der Waals surface area (Å²) in [6.07, 6.45) is 1.81. The highest BCUT2D eigenvalue weighted by Gasteiger charge is 2.13. The minimum atomic E-state index is 0.528. The van der Waals surface area contributed by atoms with Gasteiger partial charge in [0.1, 0.15) is 0 Å². The van der Waals surface area contributed by atoms with Crippen LogP contribution in [0.2, 0.25) is 0 Å². The Balaban J connectivity index is 2.20. The van der Waals surface area contributed by atoms with E-state index in [0.717, 1.165) is 18.8 Å². The smallest absolute Gasteiger partial charge is 0.0772 e. The minimum absolute atomic E-state index is 0.528. The molecule has 2 heterocycles. The van der Waals surface area contributed by atoms with Crippen molar-refractivity contribution >= 4 is 17.4 Å². The Morgan fingerprint density at radius 3 is 2.93 bits per heavy atom. The fraction of sp³-hybridized carbons (Fsp3) is 0.500. The summed E-state index contributed by atoms with van der Waals surface area (Å²) < 4.78 is 0. The zero-order chi connectivity index (χ0) is 9.80. The van der Waals surface area contributed by atoms with E-state index in [1.54, 1.807) is 0 Å². The van der Waals surface area contributed by atoms with E-state index in [1.165, 1.54) is 17.2 Å². The highest BCUT2D eigenvalue weighted by atomic mass is 32.2. The van der Waals surface area contributed by atoms with Crippen LogP contribution in [0.1, 0.15) is 5.69 Å². The van der Waals surface area contributed by atoms with Crippen molar-refractivity contribution in [3.63, 3.8) is 0 Å². The van der Waals surface area contributed by atoms with Gasteiger partial charge in [0.15, 0.2) is 0 Å². The zero-order valence-electron chi connectivity index (χ0n) is 8.15. The van der Waals surface area contributed by atoms with E-state index in [9.17, 15) is 0 Å². The Bertz CT molecular complexity index is 297. The van der Waals surface area contributed by atoms with Gasteiger partial charge in [0.25, 0.3) is 0 Å². The van der Waals surface area contributed by atoms with Crippen LogP contribution in [-0.2, 0) is 6.54 Å². The lowest BCUT2D eigenvalue weighted by molar-refractivity contribution is 0.835. The first kappa shape index (κ1) is 9.80. The van der Waals surface area contributed by atoms with Crippen molar-refractivity contribution < 1.29 is 0 Å². The Kier molecular flexibility index (Phi) is 3.26. The topological polar surface area (TPSA) is 42.1 Å². The van der Waals surface area contributed by atoms with E-state index in [4.69, 9.17) is 5.73 Å². The number of pyridine rings is 1. The highest BCUT2D eigenvalue weighted by Crippen LogP contribution is 2.21. The van der Waals surface area contributed by atoms with Crippen LogP contribution in [0.25, 0.3) is 0 Å². The highest BCUT2D eigenvalue weighted by molar-refractivity contribution is 7.99. The Morgan fingerprint density at radius 1 is 1.43 bits per heavy atom. The predicted octanol–water partition coefficient (Wildman–Crippen LogP) is 1.09. The number of nitrogens with zero attached hydrogens (tertiary/aromatic N) is 2. The quantitative estimate of drug-likeness (QED) is 0.792. The minimum Gasteiger partial charge on any atom is -0.368 e. The van der Waals surface area contributed by atoms with Gasteiger partial charge in [-0.1, -0.05) is 0 Å². The molecule has 3 nitrogen and oxygen atoms in total. The van der Waals surface area contributed by atoms with Gasteiger partial charge in [-0.05, 0) is 12.1 Å². The van der Waals surface area contributed by atoms with Gasteiger partial charge in [-0.2, -0.15) is 11.8 Å². The van der Waals surface area contributed by atoms with Crippen LogP contribution in [0.4, 0.5) is 5.69 Å². The number of hydrogen-bond acceptors (Lipinski definition) is 4. The normalized spacial score (nSPS) is 17.1. The van der Waals surface area contributed by atoms with Crippen molar-refractivity contribution in [3.8, 4) is 0 Å². The van der Waals surface area contributed by atoms with E-state index in [-0.39, 0.29) is 0 Å². The molecular formula is C10H15N3S. The third kappa shape index (κ3) is 2.01. The average Bonchev–Trinajstić information content (AvgIpc) is 2.30. The molecular weight excluding hydrogens is 194 g/mol. The molecule has 1 aliphatic rings. The SMILES string of the molecule is NCc1ncccc1N1CCSCC1. The van der Waals surface area contributed by atoms with E-state index in [2.05, 4.69) is 16.0 Å². The molecule has 4 heteroatoms. The van der Waals surface area contributed by atoms with Crippen molar-refractivity contribution in [1.82, 2.24) is 4.98 Å². The maximum atomic E-state index is 5.66. The average molecular weight is 209 g/mol. The van der Waals surface area contributed by atoms with Crippen molar-refractivity contribution in [2.45, 2.75) is 6.54 Å². The molecule has 14 heavy (non-hydrogen) atoms. The largest absolute Gasteiger partial charge is 0.368 e. The molecule has 1 fully saturated rings. The molecule has 1 aromatic rings. The molecule has 0 spiro atoms. The molecule has 0 unspecified atom stereocenters. The van der Waals surface area contributed by atoms with Crippen LogP contribution >= 0.6 is 11.8 Å². The van der Waals surface area contributed by atoms with Gasteiger partial charge >= 0.3 is 0 Å². The molecule has 1 aromatic heterocycles. The number of nitrogens with two attached hydrogens (primary N) is 1. The maximum Gasteiger partial charge on any atom is 0.0772 e. The first-order valence-corrected chi connectivity index (χ1v) is 6.04. The fourth-order valence-corrected chi connectivity index (χ4v) is 2.58. The Hall–Kier alpha value is -0.740. The summed E-state index contributed by atoms with van der Waals surface area (Å²) in [4.78, 5) is 6.68. The van der Waals surface area contributed by atoms with E-state index >= 15 is 0 Å². The Morgan fingerprint density at radius 2 is 2.21 bits per heavy atom. The molecule has 0 aliphatic carbocycles. The van der Waals surface area contributed by atoms with Crippen molar-refractivity contribution in [1.29, 1.82) is 0 Å². The van der Waals surface area contributed by atoms with Crippen LogP contribution in [0.5, 0.6) is 0 Å².